The van der Waals surface area contributed by atoms with Gasteiger partial charge in [0.15, 0.2) is 0 Å². The van der Waals surface area contributed by atoms with E-state index in [0.717, 1.165) is 0 Å². The van der Waals surface area contributed by atoms with Crippen molar-refractivity contribution in [2.24, 2.45) is 0 Å². The van der Waals surface area contributed by atoms with Crippen molar-refractivity contribution >= 4 is 40.7 Å². The minimum atomic E-state index is -0.889. The fourth-order valence-electron chi connectivity index (χ4n) is 3.87. The highest BCUT2D eigenvalue weighted by molar-refractivity contribution is 6.51. The number of amides is 1. The van der Waals surface area contributed by atoms with Gasteiger partial charge in [-0.15, -0.1) is 0 Å². The number of rotatable bonds is 6. The van der Waals surface area contributed by atoms with Crippen LogP contribution in [0.3, 0.4) is 0 Å². The molecule has 0 spiro atoms. The van der Waals surface area contributed by atoms with E-state index in [2.05, 4.69) is 4.98 Å². The van der Waals surface area contributed by atoms with E-state index in [0.29, 0.717) is 34.0 Å². The number of ketones is 1. The molecule has 2 aromatic carbocycles. The molecule has 2 heterocycles. The molecular weight excluding hydrogens is 456 g/mol. The molecule has 1 aliphatic rings. The highest BCUT2D eigenvalue weighted by Gasteiger charge is 2.47. The lowest BCUT2D eigenvalue weighted by Gasteiger charge is -2.25. The Kier molecular flexibility index (Phi) is 6.75. The molecule has 34 heavy (non-hydrogen) atoms. The van der Waals surface area contributed by atoms with Crippen molar-refractivity contribution in [1.29, 1.82) is 0 Å². The molecule has 1 unspecified atom stereocenters. The van der Waals surface area contributed by atoms with Gasteiger partial charge in [0.2, 0.25) is 0 Å². The summed E-state index contributed by atoms with van der Waals surface area (Å²) in [5.41, 5.74) is 2.03. The van der Waals surface area contributed by atoms with E-state index in [1.807, 2.05) is 0 Å². The largest absolute Gasteiger partial charge is 0.507 e. The molecule has 1 amide bonds. The van der Waals surface area contributed by atoms with Crippen LogP contribution in [-0.2, 0) is 25.5 Å². The van der Waals surface area contributed by atoms with E-state index in [1.54, 1.807) is 80.0 Å². The SMILES string of the molecule is CCOC(=O)Cc1ccc(N2C(=O)C(=O)/C(=C(\O)c3ccc(Cl)cc3)C2c2cccnc2)cc1. The maximum Gasteiger partial charge on any atom is 0.310 e. The molecule has 1 N–H and O–H groups in total. The van der Waals surface area contributed by atoms with Crippen LogP contribution in [0.2, 0.25) is 5.02 Å². The Morgan fingerprint density at radius 2 is 1.79 bits per heavy atom. The summed E-state index contributed by atoms with van der Waals surface area (Å²) in [6.45, 7) is 2.03. The summed E-state index contributed by atoms with van der Waals surface area (Å²) in [6, 6.07) is 15.6. The Morgan fingerprint density at radius 1 is 1.09 bits per heavy atom. The van der Waals surface area contributed by atoms with Crippen molar-refractivity contribution in [2.45, 2.75) is 19.4 Å². The molecule has 4 rings (SSSR count). The summed E-state index contributed by atoms with van der Waals surface area (Å²) in [5.74, 6) is -2.24. The van der Waals surface area contributed by atoms with Crippen LogP contribution >= 0.6 is 11.6 Å². The zero-order valence-electron chi connectivity index (χ0n) is 18.3. The van der Waals surface area contributed by atoms with Gasteiger partial charge in [0, 0.05) is 28.7 Å². The highest BCUT2D eigenvalue weighted by atomic mass is 35.5. The number of anilines is 1. The van der Waals surface area contributed by atoms with Gasteiger partial charge >= 0.3 is 5.97 Å². The summed E-state index contributed by atoms with van der Waals surface area (Å²) < 4.78 is 4.97. The van der Waals surface area contributed by atoms with E-state index in [4.69, 9.17) is 16.3 Å². The second-order valence-corrected chi connectivity index (χ2v) is 8.05. The first-order valence-corrected chi connectivity index (χ1v) is 11.0. The Morgan fingerprint density at radius 3 is 2.41 bits per heavy atom. The summed E-state index contributed by atoms with van der Waals surface area (Å²) in [7, 11) is 0. The van der Waals surface area contributed by atoms with Crippen LogP contribution in [-0.4, -0.2) is 34.4 Å². The van der Waals surface area contributed by atoms with E-state index in [1.165, 1.54) is 4.90 Å². The molecule has 172 valence electrons. The number of aromatic nitrogens is 1. The third-order valence-electron chi connectivity index (χ3n) is 5.43. The lowest BCUT2D eigenvalue weighted by molar-refractivity contribution is -0.142. The fraction of sp³-hybridized carbons (Fsp3) is 0.154. The summed E-state index contributed by atoms with van der Waals surface area (Å²) in [5, 5.41) is 11.5. The van der Waals surface area contributed by atoms with E-state index in [9.17, 15) is 19.5 Å². The number of nitrogens with zero attached hydrogens (tertiary/aromatic N) is 2. The molecule has 1 saturated heterocycles. The molecule has 7 nitrogen and oxygen atoms in total. The van der Waals surface area contributed by atoms with Crippen molar-refractivity contribution in [1.82, 2.24) is 4.98 Å². The minimum absolute atomic E-state index is 0.0454. The van der Waals surface area contributed by atoms with Crippen molar-refractivity contribution in [3.63, 3.8) is 0 Å². The number of hydrogen-bond acceptors (Lipinski definition) is 6. The Labute approximate surface area is 201 Å². The van der Waals surface area contributed by atoms with Crippen LogP contribution < -0.4 is 4.90 Å². The third kappa shape index (κ3) is 4.56. The first kappa shape index (κ1) is 23.2. The monoisotopic (exact) mass is 476 g/mol. The molecule has 1 aliphatic heterocycles. The van der Waals surface area contributed by atoms with Gasteiger partial charge in [-0.25, -0.2) is 0 Å². The maximum atomic E-state index is 13.2. The van der Waals surface area contributed by atoms with Crippen LogP contribution in [0.1, 0.15) is 29.7 Å². The van der Waals surface area contributed by atoms with Gasteiger partial charge in [-0.1, -0.05) is 29.8 Å². The molecule has 0 radical (unpaired) electrons. The number of benzene rings is 2. The minimum Gasteiger partial charge on any atom is -0.507 e. The number of carbonyl (C=O) groups is 3. The first-order valence-electron chi connectivity index (χ1n) is 10.6. The number of aliphatic hydroxyl groups excluding tert-OH is 1. The van der Waals surface area contributed by atoms with Gasteiger partial charge in [0.25, 0.3) is 11.7 Å². The van der Waals surface area contributed by atoms with E-state index < -0.39 is 17.7 Å². The fourth-order valence-corrected chi connectivity index (χ4v) is 3.99. The second-order valence-electron chi connectivity index (χ2n) is 7.61. The quantitative estimate of drug-likeness (QED) is 0.244. The molecule has 8 heteroatoms. The average Bonchev–Trinajstić information content (AvgIpc) is 3.11. The molecule has 0 bridgehead atoms. The van der Waals surface area contributed by atoms with E-state index >= 15 is 0 Å². The van der Waals surface area contributed by atoms with Crippen molar-refractivity contribution in [2.75, 3.05) is 11.5 Å². The Balaban J connectivity index is 1.78. The van der Waals surface area contributed by atoms with E-state index in [-0.39, 0.29) is 23.7 Å². The molecule has 0 saturated carbocycles. The summed E-state index contributed by atoms with van der Waals surface area (Å²) in [6.07, 6.45) is 3.22. The molecule has 3 aromatic rings. The second kappa shape index (κ2) is 9.89. The number of ether oxygens (including phenoxy) is 1. The number of aliphatic hydroxyl groups is 1. The maximum absolute atomic E-state index is 13.2. The average molecular weight is 477 g/mol. The van der Waals surface area contributed by atoms with Gasteiger partial charge < -0.3 is 9.84 Å². The number of halogens is 1. The van der Waals surface area contributed by atoms with Crippen molar-refractivity contribution < 1.29 is 24.2 Å². The lowest BCUT2D eigenvalue weighted by atomic mass is 9.96. The molecule has 1 aromatic heterocycles. The number of Topliss-reactive ketones (excluding diaryl/α,β-unsaturated/α-hetero) is 1. The Hall–Kier alpha value is -3.97. The standard InChI is InChI=1S/C26H21ClN2O5/c1-2-34-21(30)14-16-5-11-20(12-6-16)29-23(18-4-3-13-28-15-18)22(25(32)26(29)33)24(31)17-7-9-19(27)10-8-17/h3-13,15,23,31H,2,14H2,1H3/b24-22-. The topological polar surface area (TPSA) is 96.8 Å². The number of hydrogen-bond donors (Lipinski definition) is 1. The highest BCUT2D eigenvalue weighted by Crippen LogP contribution is 2.42. The van der Waals surface area contributed by atoms with Gasteiger partial charge in [0.05, 0.1) is 24.6 Å². The smallest absolute Gasteiger partial charge is 0.310 e. The molecule has 0 aliphatic carbocycles. The lowest BCUT2D eigenvalue weighted by Crippen LogP contribution is -2.29. The molecular formula is C26H21ClN2O5. The van der Waals surface area contributed by atoms with Crippen LogP contribution in [0.15, 0.2) is 78.6 Å². The first-order chi connectivity index (χ1) is 16.4. The van der Waals surface area contributed by atoms with Gasteiger partial charge in [-0.05, 0) is 60.5 Å². The Bertz CT molecular complexity index is 1250. The van der Waals surface area contributed by atoms with Crippen LogP contribution in [0.4, 0.5) is 5.69 Å². The normalized spacial score (nSPS) is 17.1. The zero-order valence-corrected chi connectivity index (χ0v) is 19.0. The van der Waals surface area contributed by atoms with Crippen LogP contribution in [0, 0.1) is 0 Å². The summed E-state index contributed by atoms with van der Waals surface area (Å²) >= 11 is 5.95. The number of carbonyl (C=O) groups excluding carboxylic acids is 3. The van der Waals surface area contributed by atoms with Crippen molar-refractivity contribution in [3.05, 3.63) is 100 Å². The molecule has 1 atom stereocenters. The third-order valence-corrected chi connectivity index (χ3v) is 5.68. The van der Waals surface area contributed by atoms with Crippen LogP contribution in [0.25, 0.3) is 5.76 Å². The number of pyridine rings is 1. The molecule has 1 fully saturated rings. The summed E-state index contributed by atoms with van der Waals surface area (Å²) in [4.78, 5) is 43.5. The predicted octanol–water partition coefficient (Wildman–Crippen LogP) is 4.47. The van der Waals surface area contributed by atoms with Gasteiger partial charge in [-0.3, -0.25) is 24.3 Å². The predicted molar refractivity (Wildman–Crippen MR) is 127 cm³/mol. The number of esters is 1. The van der Waals surface area contributed by atoms with Crippen LogP contribution in [0.5, 0.6) is 0 Å². The van der Waals surface area contributed by atoms with Gasteiger partial charge in [0.1, 0.15) is 5.76 Å². The van der Waals surface area contributed by atoms with Gasteiger partial charge in [-0.2, -0.15) is 0 Å². The zero-order chi connectivity index (χ0) is 24.2. The van der Waals surface area contributed by atoms with Crippen molar-refractivity contribution in [3.8, 4) is 0 Å².